The molecule has 1 aromatic heterocycles. The third-order valence-electron chi connectivity index (χ3n) is 3.27. The molecule has 98 valence electrons. The van der Waals surface area contributed by atoms with E-state index in [1.165, 1.54) is 11.8 Å². The van der Waals surface area contributed by atoms with Crippen LogP contribution in [0.25, 0.3) is 0 Å². The smallest absolute Gasteiger partial charge is 0.254 e. The van der Waals surface area contributed by atoms with Gasteiger partial charge in [-0.15, -0.1) is 11.8 Å². The maximum absolute atomic E-state index is 12.0. The molecular weight excluding hydrogens is 248 g/mol. The number of carbonyl (C=O) groups excluding carboxylic acids is 1. The molecule has 1 heterocycles. The zero-order valence-corrected chi connectivity index (χ0v) is 11.5. The summed E-state index contributed by atoms with van der Waals surface area (Å²) in [7, 11) is 0. The van der Waals surface area contributed by atoms with Crippen LogP contribution in [0.4, 0.5) is 0 Å². The summed E-state index contributed by atoms with van der Waals surface area (Å²) in [5.74, 6) is 0.153. The van der Waals surface area contributed by atoms with E-state index in [-0.39, 0.29) is 5.91 Å². The molecule has 2 N–H and O–H groups in total. The largest absolute Gasteiger partial charge is 0.388 e. The van der Waals surface area contributed by atoms with Crippen molar-refractivity contribution in [1.29, 1.82) is 0 Å². The zero-order valence-electron chi connectivity index (χ0n) is 10.6. The van der Waals surface area contributed by atoms with Crippen molar-refractivity contribution in [2.45, 2.75) is 30.4 Å². The molecule has 1 aliphatic rings. The average Bonchev–Trinajstić information content (AvgIpc) is 3.20. The van der Waals surface area contributed by atoms with Crippen molar-refractivity contribution in [3.05, 3.63) is 23.9 Å². The van der Waals surface area contributed by atoms with Gasteiger partial charge in [-0.1, -0.05) is 0 Å². The molecule has 1 saturated carbocycles. The molecule has 1 fully saturated rings. The van der Waals surface area contributed by atoms with Crippen LogP contribution in [0.5, 0.6) is 0 Å². The summed E-state index contributed by atoms with van der Waals surface area (Å²) >= 11 is 1.44. The van der Waals surface area contributed by atoms with E-state index in [4.69, 9.17) is 0 Å². The van der Waals surface area contributed by atoms with E-state index in [0.717, 1.165) is 12.8 Å². The summed E-state index contributed by atoms with van der Waals surface area (Å²) in [5, 5.41) is 13.6. The molecule has 1 aliphatic carbocycles. The number of rotatable bonds is 5. The number of amides is 1. The van der Waals surface area contributed by atoms with Gasteiger partial charge in [0.15, 0.2) is 0 Å². The van der Waals surface area contributed by atoms with Gasteiger partial charge in [-0.05, 0) is 44.1 Å². The van der Waals surface area contributed by atoms with Crippen LogP contribution in [0.3, 0.4) is 0 Å². The monoisotopic (exact) mass is 266 g/mol. The summed E-state index contributed by atoms with van der Waals surface area (Å²) in [4.78, 5) is 16.2. The summed E-state index contributed by atoms with van der Waals surface area (Å²) in [5.41, 5.74) is -0.228. The van der Waals surface area contributed by atoms with Gasteiger partial charge in [0.25, 0.3) is 5.91 Å². The van der Waals surface area contributed by atoms with Crippen LogP contribution in [0, 0.1) is 5.92 Å². The van der Waals surface area contributed by atoms with E-state index < -0.39 is 5.60 Å². The first-order chi connectivity index (χ1) is 8.54. The SMILES string of the molecule is CSc1ncccc1C(=O)NC[C@@](C)(O)C1CC1. The number of aromatic nitrogens is 1. The number of thioether (sulfide) groups is 1. The first-order valence-electron chi connectivity index (χ1n) is 6.04. The van der Waals surface area contributed by atoms with Gasteiger partial charge in [-0.2, -0.15) is 0 Å². The second-order valence-electron chi connectivity index (χ2n) is 4.87. The standard InChI is InChI=1S/C13H18N2O2S/c1-13(17,9-5-6-9)8-15-11(16)10-4-3-7-14-12(10)18-2/h3-4,7,9,17H,5-6,8H2,1-2H3,(H,15,16)/t13-/m1/s1. The number of hydrogen-bond acceptors (Lipinski definition) is 4. The van der Waals surface area contributed by atoms with Crippen molar-refractivity contribution in [2.75, 3.05) is 12.8 Å². The highest BCUT2D eigenvalue weighted by Gasteiger charge is 2.40. The molecule has 2 rings (SSSR count). The minimum Gasteiger partial charge on any atom is -0.388 e. The molecule has 0 aliphatic heterocycles. The Kier molecular flexibility index (Phi) is 3.92. The number of hydrogen-bond donors (Lipinski definition) is 2. The minimum atomic E-state index is -0.794. The van der Waals surface area contributed by atoms with Crippen molar-refractivity contribution in [2.24, 2.45) is 5.92 Å². The highest BCUT2D eigenvalue weighted by molar-refractivity contribution is 7.98. The lowest BCUT2D eigenvalue weighted by molar-refractivity contribution is 0.0353. The predicted octanol–water partition coefficient (Wildman–Crippen LogP) is 1.69. The van der Waals surface area contributed by atoms with Crippen LogP contribution in [0.1, 0.15) is 30.1 Å². The molecule has 0 saturated heterocycles. The lowest BCUT2D eigenvalue weighted by Gasteiger charge is -2.23. The van der Waals surface area contributed by atoms with Crippen molar-refractivity contribution in [1.82, 2.24) is 10.3 Å². The number of nitrogens with one attached hydrogen (secondary N) is 1. The third-order valence-corrected chi connectivity index (χ3v) is 3.98. The van der Waals surface area contributed by atoms with Crippen LogP contribution in [0.2, 0.25) is 0 Å². The summed E-state index contributed by atoms with van der Waals surface area (Å²) in [6.45, 7) is 2.07. The first kappa shape index (κ1) is 13.4. The van der Waals surface area contributed by atoms with Gasteiger partial charge in [0.05, 0.1) is 11.2 Å². The molecular formula is C13H18N2O2S. The molecule has 1 amide bonds. The summed E-state index contributed by atoms with van der Waals surface area (Å²) < 4.78 is 0. The lowest BCUT2D eigenvalue weighted by Crippen LogP contribution is -2.42. The Labute approximate surface area is 111 Å². The van der Waals surface area contributed by atoms with Gasteiger partial charge in [-0.25, -0.2) is 4.98 Å². The molecule has 1 atom stereocenters. The summed E-state index contributed by atoms with van der Waals surface area (Å²) in [6.07, 6.45) is 5.65. The molecule has 1 aromatic rings. The number of pyridine rings is 1. The second kappa shape index (κ2) is 5.28. The van der Waals surface area contributed by atoms with E-state index >= 15 is 0 Å². The van der Waals surface area contributed by atoms with E-state index in [1.54, 1.807) is 25.3 Å². The average molecular weight is 266 g/mol. The fourth-order valence-electron chi connectivity index (χ4n) is 1.93. The molecule has 0 spiro atoms. The van der Waals surface area contributed by atoms with Gasteiger partial charge < -0.3 is 10.4 Å². The zero-order chi connectivity index (χ0) is 13.2. The van der Waals surface area contributed by atoms with Crippen LogP contribution in [0.15, 0.2) is 23.4 Å². The van der Waals surface area contributed by atoms with Crippen molar-refractivity contribution in [3.63, 3.8) is 0 Å². The topological polar surface area (TPSA) is 62.2 Å². The maximum atomic E-state index is 12.0. The van der Waals surface area contributed by atoms with Crippen LogP contribution in [-0.2, 0) is 0 Å². The number of nitrogens with zero attached hydrogens (tertiary/aromatic N) is 1. The van der Waals surface area contributed by atoms with E-state index in [2.05, 4.69) is 10.3 Å². The van der Waals surface area contributed by atoms with Crippen LogP contribution < -0.4 is 5.32 Å². The van der Waals surface area contributed by atoms with Gasteiger partial charge in [0.1, 0.15) is 5.03 Å². The van der Waals surface area contributed by atoms with Gasteiger partial charge in [0, 0.05) is 12.7 Å². The fraction of sp³-hybridized carbons (Fsp3) is 0.538. The van der Waals surface area contributed by atoms with E-state index in [1.807, 2.05) is 6.26 Å². The Bertz CT molecular complexity index is 444. The minimum absolute atomic E-state index is 0.173. The quantitative estimate of drug-likeness (QED) is 0.796. The number of aliphatic hydroxyl groups is 1. The normalized spacial score (nSPS) is 18.2. The Balaban J connectivity index is 1.99. The predicted molar refractivity (Wildman–Crippen MR) is 71.7 cm³/mol. The number of carbonyl (C=O) groups is 1. The Morgan fingerprint density at radius 1 is 1.67 bits per heavy atom. The maximum Gasteiger partial charge on any atom is 0.254 e. The van der Waals surface area contributed by atoms with E-state index in [0.29, 0.717) is 23.1 Å². The molecule has 5 heteroatoms. The molecule has 0 bridgehead atoms. The van der Waals surface area contributed by atoms with Gasteiger partial charge >= 0.3 is 0 Å². The summed E-state index contributed by atoms with van der Waals surface area (Å²) in [6, 6.07) is 3.49. The highest BCUT2D eigenvalue weighted by Crippen LogP contribution is 2.39. The third kappa shape index (κ3) is 3.03. The van der Waals surface area contributed by atoms with E-state index in [9.17, 15) is 9.90 Å². The molecule has 0 aromatic carbocycles. The molecule has 18 heavy (non-hydrogen) atoms. The fourth-order valence-corrected chi connectivity index (χ4v) is 2.48. The van der Waals surface area contributed by atoms with Crippen LogP contribution in [-0.4, -0.2) is 34.4 Å². The Hall–Kier alpha value is -1.07. The Morgan fingerprint density at radius 2 is 2.39 bits per heavy atom. The highest BCUT2D eigenvalue weighted by atomic mass is 32.2. The van der Waals surface area contributed by atoms with Crippen molar-refractivity contribution in [3.8, 4) is 0 Å². The van der Waals surface area contributed by atoms with Crippen molar-refractivity contribution >= 4 is 17.7 Å². The van der Waals surface area contributed by atoms with Crippen molar-refractivity contribution < 1.29 is 9.90 Å². The van der Waals surface area contributed by atoms with Crippen LogP contribution >= 0.6 is 11.8 Å². The molecule has 0 unspecified atom stereocenters. The Morgan fingerprint density at radius 3 is 3.00 bits per heavy atom. The van der Waals surface area contributed by atoms with Gasteiger partial charge in [-0.3, -0.25) is 4.79 Å². The van der Waals surface area contributed by atoms with Gasteiger partial charge in [0.2, 0.25) is 0 Å². The molecule has 4 nitrogen and oxygen atoms in total. The lowest BCUT2D eigenvalue weighted by atomic mass is 10.0. The second-order valence-corrected chi connectivity index (χ2v) is 5.67. The first-order valence-corrected chi connectivity index (χ1v) is 7.26. The molecule has 0 radical (unpaired) electrons.